The Morgan fingerprint density at radius 3 is 2.42 bits per heavy atom. The molecule has 2 aromatic rings. The summed E-state index contributed by atoms with van der Waals surface area (Å²) in [7, 11) is 0. The third-order valence-electron chi connectivity index (χ3n) is 7.78. The topological polar surface area (TPSA) is 101 Å². The molecule has 7 nitrogen and oxygen atoms in total. The Morgan fingerprint density at radius 2 is 1.87 bits per heavy atom. The summed E-state index contributed by atoms with van der Waals surface area (Å²) >= 11 is 10.1. The molecule has 1 saturated heterocycles. The number of carboxylic acids is 1. The van der Waals surface area contributed by atoms with Gasteiger partial charge in [0.2, 0.25) is 5.91 Å². The maximum atomic E-state index is 14.3. The van der Waals surface area contributed by atoms with E-state index in [1.165, 1.54) is 4.31 Å². The SMILES string of the molecule is CCC(CN(CC1CC1)S(=O)[O-])N1C(=O)C(C)(CC(=O)O)CC(c2cccc(Cl)c2)C1c1ccc(Cl)cc1. The zero-order chi connectivity index (χ0) is 27.6. The Morgan fingerprint density at radius 1 is 1.18 bits per heavy atom. The van der Waals surface area contributed by atoms with Gasteiger partial charge in [0.05, 0.1) is 17.9 Å². The van der Waals surface area contributed by atoms with Crippen molar-refractivity contribution >= 4 is 46.3 Å². The van der Waals surface area contributed by atoms with Crippen LogP contribution in [0.25, 0.3) is 0 Å². The lowest BCUT2D eigenvalue weighted by atomic mass is 9.67. The molecule has 2 aromatic carbocycles. The predicted molar refractivity (Wildman–Crippen MR) is 148 cm³/mol. The van der Waals surface area contributed by atoms with Gasteiger partial charge in [-0.05, 0) is 67.0 Å². The predicted octanol–water partition coefficient (Wildman–Crippen LogP) is 5.82. The molecule has 0 radical (unpaired) electrons. The average Bonchev–Trinajstić information content (AvgIpc) is 3.68. The van der Waals surface area contributed by atoms with E-state index in [4.69, 9.17) is 23.2 Å². The van der Waals surface area contributed by atoms with Gasteiger partial charge in [0.25, 0.3) is 0 Å². The molecule has 0 aromatic heterocycles. The summed E-state index contributed by atoms with van der Waals surface area (Å²) in [6.07, 6.45) is 2.46. The Kier molecular flexibility index (Phi) is 9.20. The van der Waals surface area contributed by atoms with Crippen molar-refractivity contribution in [3.8, 4) is 0 Å². The largest absolute Gasteiger partial charge is 0.760 e. The van der Waals surface area contributed by atoms with Crippen molar-refractivity contribution < 1.29 is 23.5 Å². The molecule has 0 bridgehead atoms. The maximum absolute atomic E-state index is 14.3. The number of likely N-dealkylation sites (tertiary alicyclic amines) is 1. The highest BCUT2D eigenvalue weighted by Crippen LogP contribution is 2.52. The highest BCUT2D eigenvalue weighted by Gasteiger charge is 2.52. The number of benzene rings is 2. The van der Waals surface area contributed by atoms with Crippen LogP contribution in [0, 0.1) is 11.3 Å². The summed E-state index contributed by atoms with van der Waals surface area (Å²) in [6.45, 7) is 4.19. The number of piperidine rings is 1. The first-order valence-corrected chi connectivity index (χ1v) is 14.7. The van der Waals surface area contributed by atoms with Gasteiger partial charge in [-0.15, -0.1) is 0 Å². The van der Waals surface area contributed by atoms with Gasteiger partial charge in [0.15, 0.2) is 0 Å². The minimum atomic E-state index is -2.44. The van der Waals surface area contributed by atoms with E-state index < -0.39 is 34.7 Å². The number of hydrogen-bond acceptors (Lipinski definition) is 4. The zero-order valence-corrected chi connectivity index (χ0v) is 23.8. The number of carboxylic acid groups (broad SMARTS) is 1. The molecule has 1 saturated carbocycles. The number of carbonyl (C=O) groups excluding carboxylic acids is 1. The van der Waals surface area contributed by atoms with Gasteiger partial charge in [0.1, 0.15) is 0 Å². The smallest absolute Gasteiger partial charge is 0.304 e. The van der Waals surface area contributed by atoms with Crippen LogP contribution < -0.4 is 0 Å². The molecule has 5 unspecified atom stereocenters. The molecule has 2 aliphatic rings. The van der Waals surface area contributed by atoms with Gasteiger partial charge in [-0.25, -0.2) is 4.31 Å². The number of rotatable bonds is 11. The van der Waals surface area contributed by atoms with Crippen LogP contribution in [0.4, 0.5) is 0 Å². The fraction of sp³-hybridized carbons (Fsp3) is 0.500. The van der Waals surface area contributed by atoms with E-state index in [0.29, 0.717) is 35.3 Å². The monoisotopic (exact) mass is 579 g/mol. The molecule has 206 valence electrons. The second kappa shape index (κ2) is 12.0. The molecule has 1 heterocycles. The van der Waals surface area contributed by atoms with Gasteiger partial charge >= 0.3 is 5.97 Å². The lowest BCUT2D eigenvalue weighted by Crippen LogP contribution is -2.58. The van der Waals surface area contributed by atoms with Crippen molar-refractivity contribution in [2.75, 3.05) is 13.1 Å². The lowest BCUT2D eigenvalue weighted by molar-refractivity contribution is -0.160. The van der Waals surface area contributed by atoms with E-state index in [0.717, 1.165) is 24.0 Å². The van der Waals surface area contributed by atoms with Crippen LogP contribution in [0.15, 0.2) is 48.5 Å². The van der Waals surface area contributed by atoms with E-state index in [9.17, 15) is 23.5 Å². The summed E-state index contributed by atoms with van der Waals surface area (Å²) < 4.78 is 25.8. The van der Waals surface area contributed by atoms with Gasteiger partial charge in [0, 0.05) is 46.4 Å². The molecule has 0 spiro atoms. The van der Waals surface area contributed by atoms with Gasteiger partial charge in [-0.1, -0.05) is 61.3 Å². The summed E-state index contributed by atoms with van der Waals surface area (Å²) in [5, 5.41) is 10.9. The standard InChI is InChI=1S/C28H34Cl2N2O5S/c1-3-23(17-31(38(36)37)16-18-7-8-18)32-26(19-9-11-21(29)12-10-19)24(20-5-4-6-22(30)13-20)14-28(2,27(32)35)15-25(33)34/h4-6,9-13,18,23-24,26H,3,7-8,14-17H2,1-2H3,(H,33,34)(H,36,37)/p-1. The quantitative estimate of drug-likeness (QED) is 0.338. The molecule has 4 rings (SSSR count). The average molecular weight is 581 g/mol. The van der Waals surface area contributed by atoms with E-state index in [1.54, 1.807) is 30.0 Å². The molecule has 1 aliphatic heterocycles. The summed E-state index contributed by atoms with van der Waals surface area (Å²) in [5.41, 5.74) is 0.553. The summed E-state index contributed by atoms with van der Waals surface area (Å²) in [5.74, 6) is -1.28. The third-order valence-corrected chi connectivity index (χ3v) is 8.99. The first kappa shape index (κ1) is 29.0. The molecular weight excluding hydrogens is 547 g/mol. The second-order valence-corrected chi connectivity index (χ2v) is 12.6. The molecule has 1 amide bonds. The Balaban J connectivity index is 1.85. The van der Waals surface area contributed by atoms with Crippen LogP contribution in [-0.4, -0.2) is 54.1 Å². The Hall–Kier alpha value is -1.97. The minimum absolute atomic E-state index is 0.143. The van der Waals surface area contributed by atoms with Crippen molar-refractivity contribution in [1.82, 2.24) is 9.21 Å². The van der Waals surface area contributed by atoms with Crippen molar-refractivity contribution in [3.63, 3.8) is 0 Å². The molecular formula is C28H33Cl2N2O5S-. The van der Waals surface area contributed by atoms with Gasteiger partial charge in [-0.2, -0.15) is 0 Å². The van der Waals surface area contributed by atoms with E-state index in [2.05, 4.69) is 0 Å². The Labute approximate surface area is 236 Å². The second-order valence-electron chi connectivity index (χ2n) is 10.8. The van der Waals surface area contributed by atoms with Crippen molar-refractivity contribution in [3.05, 3.63) is 69.7 Å². The van der Waals surface area contributed by atoms with E-state index >= 15 is 0 Å². The number of aliphatic carboxylic acids is 1. The van der Waals surface area contributed by atoms with Crippen LogP contribution in [0.1, 0.15) is 69.0 Å². The molecule has 2 fully saturated rings. The number of carbonyl (C=O) groups is 2. The van der Waals surface area contributed by atoms with Crippen molar-refractivity contribution in [2.45, 2.75) is 64.0 Å². The van der Waals surface area contributed by atoms with Gasteiger partial charge in [-0.3, -0.25) is 13.8 Å². The highest BCUT2D eigenvalue weighted by atomic mass is 35.5. The van der Waals surface area contributed by atoms with Crippen LogP contribution in [-0.2, 0) is 20.9 Å². The molecule has 38 heavy (non-hydrogen) atoms. The van der Waals surface area contributed by atoms with Crippen molar-refractivity contribution in [1.29, 1.82) is 0 Å². The van der Waals surface area contributed by atoms with E-state index in [1.807, 2.05) is 37.3 Å². The number of hydrogen-bond donors (Lipinski definition) is 1. The van der Waals surface area contributed by atoms with Crippen molar-refractivity contribution in [2.24, 2.45) is 11.3 Å². The summed E-state index contributed by atoms with van der Waals surface area (Å²) in [6, 6.07) is 13.8. The highest BCUT2D eigenvalue weighted by molar-refractivity contribution is 7.76. The molecule has 5 atom stereocenters. The Bertz CT molecular complexity index is 1190. The first-order chi connectivity index (χ1) is 18.0. The lowest BCUT2D eigenvalue weighted by Gasteiger charge is -2.52. The fourth-order valence-electron chi connectivity index (χ4n) is 5.71. The molecule has 1 N–H and O–H groups in total. The molecule has 1 aliphatic carbocycles. The fourth-order valence-corrected chi connectivity index (χ4v) is 6.67. The first-order valence-electron chi connectivity index (χ1n) is 12.9. The minimum Gasteiger partial charge on any atom is -0.760 e. The van der Waals surface area contributed by atoms with Crippen LogP contribution in [0.3, 0.4) is 0 Å². The number of halogens is 2. The van der Waals surface area contributed by atoms with Crippen LogP contribution in [0.2, 0.25) is 10.0 Å². The molecule has 10 heteroatoms. The summed E-state index contributed by atoms with van der Waals surface area (Å²) in [4.78, 5) is 28.0. The van der Waals surface area contributed by atoms with Gasteiger partial charge < -0.3 is 14.6 Å². The number of amides is 1. The van der Waals surface area contributed by atoms with Crippen LogP contribution in [0.5, 0.6) is 0 Å². The number of nitrogens with zero attached hydrogens (tertiary/aromatic N) is 2. The van der Waals surface area contributed by atoms with Crippen LogP contribution >= 0.6 is 23.2 Å². The maximum Gasteiger partial charge on any atom is 0.304 e. The third kappa shape index (κ3) is 6.59. The zero-order valence-electron chi connectivity index (χ0n) is 21.5. The van der Waals surface area contributed by atoms with E-state index in [-0.39, 0.29) is 24.8 Å². The normalized spacial score (nSPS) is 25.4.